The zero-order chi connectivity index (χ0) is 11.1. The van der Waals surface area contributed by atoms with Crippen LogP contribution in [0.3, 0.4) is 0 Å². The zero-order valence-electron chi connectivity index (χ0n) is 8.29. The minimum atomic E-state index is 0.0463. The van der Waals surface area contributed by atoms with Gasteiger partial charge in [0.15, 0.2) is 0 Å². The predicted molar refractivity (Wildman–Crippen MR) is 68.3 cm³/mol. The lowest BCUT2D eigenvalue weighted by Crippen LogP contribution is -2.18. The summed E-state index contributed by atoms with van der Waals surface area (Å²) in [6, 6.07) is 9.75. The molecule has 1 aliphatic rings. The molecule has 4 heteroatoms. The van der Waals surface area contributed by atoms with Crippen LogP contribution < -0.4 is 5.32 Å². The molecule has 0 saturated carbocycles. The quantitative estimate of drug-likeness (QED) is 0.774. The molecular weight excluding hydrogens is 242 g/mol. The Bertz CT molecular complexity index is 597. The van der Waals surface area contributed by atoms with Crippen molar-refractivity contribution in [3.63, 3.8) is 0 Å². The van der Waals surface area contributed by atoms with Crippen LogP contribution in [0.4, 0.5) is 5.69 Å². The van der Waals surface area contributed by atoms with Gasteiger partial charge in [0.1, 0.15) is 0 Å². The van der Waals surface area contributed by atoms with Crippen molar-refractivity contribution in [3.8, 4) is 0 Å². The molecule has 2 aromatic rings. The minimum absolute atomic E-state index is 0.0463. The molecule has 0 radical (unpaired) electrons. The summed E-state index contributed by atoms with van der Waals surface area (Å²) in [4.78, 5) is 12.4. The Kier molecular flexibility index (Phi) is 2.30. The fourth-order valence-corrected chi connectivity index (χ4v) is 3.07. The third-order valence-corrected chi connectivity index (χ3v) is 3.93. The van der Waals surface area contributed by atoms with Gasteiger partial charge in [-0.15, -0.1) is 11.8 Å². The van der Waals surface area contributed by atoms with E-state index in [1.54, 1.807) is 0 Å². The summed E-state index contributed by atoms with van der Waals surface area (Å²) in [5.74, 6) is 0.506. The van der Waals surface area contributed by atoms with E-state index in [1.165, 1.54) is 11.8 Å². The average Bonchev–Trinajstić information content (AvgIpc) is 2.31. The van der Waals surface area contributed by atoms with Crippen molar-refractivity contribution in [1.29, 1.82) is 0 Å². The highest BCUT2D eigenvalue weighted by Gasteiger charge is 2.18. The van der Waals surface area contributed by atoms with Gasteiger partial charge in [-0.1, -0.05) is 35.9 Å². The molecule has 1 amide bonds. The molecule has 0 saturated heterocycles. The number of halogens is 1. The fourth-order valence-electron chi connectivity index (χ4n) is 1.87. The van der Waals surface area contributed by atoms with Crippen molar-refractivity contribution in [2.24, 2.45) is 0 Å². The maximum atomic E-state index is 11.4. The van der Waals surface area contributed by atoms with Gasteiger partial charge < -0.3 is 5.32 Å². The van der Waals surface area contributed by atoms with Crippen LogP contribution in [0.25, 0.3) is 10.8 Å². The van der Waals surface area contributed by atoms with Crippen LogP contribution in [-0.2, 0) is 4.79 Å². The molecule has 0 unspecified atom stereocenters. The van der Waals surface area contributed by atoms with Gasteiger partial charge in [-0.25, -0.2) is 0 Å². The second-order valence-electron chi connectivity index (χ2n) is 3.61. The summed E-state index contributed by atoms with van der Waals surface area (Å²) >= 11 is 7.73. The standard InChI is InChI=1S/C12H8ClNOS/c13-9-5-10-12(14-11(15)6-16-10)8-4-2-1-3-7(8)9/h1-5H,6H2,(H,14,15). The number of amides is 1. The van der Waals surface area contributed by atoms with E-state index in [9.17, 15) is 4.79 Å². The topological polar surface area (TPSA) is 29.1 Å². The van der Waals surface area contributed by atoms with E-state index in [2.05, 4.69) is 5.32 Å². The Labute approximate surface area is 102 Å². The van der Waals surface area contributed by atoms with Gasteiger partial charge >= 0.3 is 0 Å². The summed E-state index contributed by atoms with van der Waals surface area (Å²) in [7, 11) is 0. The summed E-state index contributed by atoms with van der Waals surface area (Å²) in [5, 5.41) is 5.63. The number of rotatable bonds is 0. The first-order valence-electron chi connectivity index (χ1n) is 4.89. The number of hydrogen-bond donors (Lipinski definition) is 1. The molecule has 0 aliphatic carbocycles. The maximum Gasteiger partial charge on any atom is 0.234 e. The molecule has 0 spiro atoms. The number of carbonyl (C=O) groups excluding carboxylic acids is 1. The highest BCUT2D eigenvalue weighted by atomic mass is 35.5. The average molecular weight is 250 g/mol. The third-order valence-electron chi connectivity index (χ3n) is 2.58. The summed E-state index contributed by atoms with van der Waals surface area (Å²) in [6.07, 6.45) is 0. The fraction of sp³-hybridized carbons (Fsp3) is 0.0833. The maximum absolute atomic E-state index is 11.4. The van der Waals surface area contributed by atoms with Crippen LogP contribution in [0.15, 0.2) is 35.2 Å². The molecule has 0 aromatic heterocycles. The van der Waals surface area contributed by atoms with Crippen molar-refractivity contribution >= 4 is 45.7 Å². The first-order valence-corrected chi connectivity index (χ1v) is 6.26. The van der Waals surface area contributed by atoms with Crippen LogP contribution in [-0.4, -0.2) is 11.7 Å². The predicted octanol–water partition coefficient (Wildman–Crippen LogP) is 3.54. The highest BCUT2D eigenvalue weighted by molar-refractivity contribution is 8.00. The van der Waals surface area contributed by atoms with Crippen LogP contribution in [0.5, 0.6) is 0 Å². The third kappa shape index (κ3) is 1.47. The van der Waals surface area contributed by atoms with Crippen molar-refractivity contribution in [3.05, 3.63) is 35.4 Å². The van der Waals surface area contributed by atoms with E-state index in [4.69, 9.17) is 11.6 Å². The number of fused-ring (bicyclic) bond motifs is 3. The van der Waals surface area contributed by atoms with Crippen LogP contribution in [0.2, 0.25) is 5.02 Å². The van der Waals surface area contributed by atoms with Gasteiger partial charge in [-0.3, -0.25) is 4.79 Å². The molecule has 0 fully saturated rings. The molecule has 0 bridgehead atoms. The second-order valence-corrected chi connectivity index (χ2v) is 5.04. The van der Waals surface area contributed by atoms with E-state index in [-0.39, 0.29) is 5.91 Å². The van der Waals surface area contributed by atoms with E-state index >= 15 is 0 Å². The van der Waals surface area contributed by atoms with Gasteiger partial charge in [-0.2, -0.15) is 0 Å². The minimum Gasteiger partial charge on any atom is -0.324 e. The molecular formula is C12H8ClNOS. The molecule has 1 aliphatic heterocycles. The number of benzene rings is 2. The first kappa shape index (κ1) is 10.00. The monoisotopic (exact) mass is 249 g/mol. The number of carbonyl (C=O) groups is 1. The first-order chi connectivity index (χ1) is 7.75. The van der Waals surface area contributed by atoms with Crippen LogP contribution in [0, 0.1) is 0 Å². The Morgan fingerprint density at radius 2 is 2.00 bits per heavy atom. The van der Waals surface area contributed by atoms with Crippen LogP contribution >= 0.6 is 23.4 Å². The molecule has 3 rings (SSSR count). The molecule has 1 N–H and O–H groups in total. The normalized spacial score (nSPS) is 14.7. The number of anilines is 1. The Hall–Kier alpha value is -1.19. The van der Waals surface area contributed by atoms with Gasteiger partial charge in [0.05, 0.1) is 11.4 Å². The van der Waals surface area contributed by atoms with Crippen molar-refractivity contribution < 1.29 is 4.79 Å². The van der Waals surface area contributed by atoms with E-state index in [0.717, 1.165) is 26.4 Å². The molecule has 2 nitrogen and oxygen atoms in total. The largest absolute Gasteiger partial charge is 0.324 e. The van der Waals surface area contributed by atoms with Gasteiger partial charge in [0, 0.05) is 20.7 Å². The van der Waals surface area contributed by atoms with Gasteiger partial charge in [0.2, 0.25) is 5.91 Å². The Balaban J connectivity index is 2.37. The Morgan fingerprint density at radius 1 is 1.25 bits per heavy atom. The highest BCUT2D eigenvalue weighted by Crippen LogP contribution is 2.40. The Morgan fingerprint density at radius 3 is 2.81 bits per heavy atom. The number of nitrogens with one attached hydrogen (secondary N) is 1. The number of thioether (sulfide) groups is 1. The lowest BCUT2D eigenvalue weighted by Gasteiger charge is -2.19. The summed E-state index contributed by atoms with van der Waals surface area (Å²) in [6.45, 7) is 0. The van der Waals surface area contributed by atoms with Crippen molar-refractivity contribution in [1.82, 2.24) is 0 Å². The molecule has 16 heavy (non-hydrogen) atoms. The van der Waals surface area contributed by atoms with E-state index < -0.39 is 0 Å². The molecule has 2 aromatic carbocycles. The molecule has 1 heterocycles. The zero-order valence-corrected chi connectivity index (χ0v) is 9.86. The number of hydrogen-bond acceptors (Lipinski definition) is 2. The van der Waals surface area contributed by atoms with E-state index in [0.29, 0.717) is 5.75 Å². The van der Waals surface area contributed by atoms with E-state index in [1.807, 2.05) is 30.3 Å². The van der Waals surface area contributed by atoms with Crippen molar-refractivity contribution in [2.45, 2.75) is 4.90 Å². The lowest BCUT2D eigenvalue weighted by atomic mass is 10.1. The second kappa shape index (κ2) is 3.68. The SMILES string of the molecule is O=C1CSc2cc(Cl)c3ccccc3c2N1. The van der Waals surface area contributed by atoms with Gasteiger partial charge in [-0.05, 0) is 6.07 Å². The van der Waals surface area contributed by atoms with Crippen molar-refractivity contribution in [2.75, 3.05) is 11.1 Å². The lowest BCUT2D eigenvalue weighted by molar-refractivity contribution is -0.113. The molecule has 80 valence electrons. The van der Waals surface area contributed by atoms with Crippen LogP contribution in [0.1, 0.15) is 0 Å². The smallest absolute Gasteiger partial charge is 0.234 e. The van der Waals surface area contributed by atoms with Gasteiger partial charge in [0.25, 0.3) is 0 Å². The summed E-state index contributed by atoms with van der Waals surface area (Å²) in [5.41, 5.74) is 0.890. The molecule has 0 atom stereocenters. The summed E-state index contributed by atoms with van der Waals surface area (Å²) < 4.78 is 0.